The smallest absolute Gasteiger partial charge is 0.265 e. The molecule has 102 valence electrons. The van der Waals surface area contributed by atoms with Gasteiger partial charge in [0.05, 0.1) is 18.2 Å². The van der Waals surface area contributed by atoms with Crippen molar-refractivity contribution < 1.29 is 14.5 Å². The van der Waals surface area contributed by atoms with Crippen LogP contribution in [0.4, 0.5) is 0 Å². The van der Waals surface area contributed by atoms with Crippen molar-refractivity contribution in [2.75, 3.05) is 13.7 Å². The molecule has 1 unspecified atom stereocenters. The van der Waals surface area contributed by atoms with Crippen LogP contribution in [-0.4, -0.2) is 30.4 Å². The molecule has 1 aliphatic heterocycles. The third-order valence-corrected chi connectivity index (χ3v) is 4.12. The van der Waals surface area contributed by atoms with Gasteiger partial charge < -0.3 is 4.90 Å². The maximum absolute atomic E-state index is 12.2. The molecule has 4 nitrogen and oxygen atoms in total. The van der Waals surface area contributed by atoms with Gasteiger partial charge in [-0.25, -0.2) is 4.90 Å². The fourth-order valence-corrected chi connectivity index (χ4v) is 3.12. The van der Waals surface area contributed by atoms with Crippen LogP contribution < -0.4 is 4.90 Å². The summed E-state index contributed by atoms with van der Waals surface area (Å²) < 4.78 is 0. The number of thiophene rings is 1. The first kappa shape index (κ1) is 13.0. The molecular formula is C15H15N2O2S+. The fraction of sp³-hybridized carbons (Fsp3) is 0.200. The summed E-state index contributed by atoms with van der Waals surface area (Å²) in [5.74, 6) is -0.370. The summed E-state index contributed by atoms with van der Waals surface area (Å²) in [5, 5.41) is 4.12. The molecule has 0 bridgehead atoms. The maximum atomic E-state index is 12.2. The van der Waals surface area contributed by atoms with Crippen LogP contribution in [0.1, 0.15) is 26.3 Å². The summed E-state index contributed by atoms with van der Waals surface area (Å²) >= 11 is 1.65. The number of nitrogens with zero attached hydrogens (tertiary/aromatic N) is 1. The number of nitrogens with one attached hydrogen (secondary N) is 1. The number of carbonyl (C=O) groups is 2. The Morgan fingerprint density at radius 3 is 2.30 bits per heavy atom. The van der Waals surface area contributed by atoms with Gasteiger partial charge in [0, 0.05) is 5.56 Å². The summed E-state index contributed by atoms with van der Waals surface area (Å²) in [4.78, 5) is 26.9. The Bertz CT molecular complexity index is 617. The Kier molecular flexibility index (Phi) is 3.38. The molecule has 1 aliphatic rings. The molecule has 5 heteroatoms. The first-order valence-electron chi connectivity index (χ1n) is 6.44. The highest BCUT2D eigenvalue weighted by Gasteiger charge is 2.36. The molecule has 2 amide bonds. The van der Waals surface area contributed by atoms with Gasteiger partial charge in [0.2, 0.25) is 0 Å². The quantitative estimate of drug-likeness (QED) is 0.853. The van der Waals surface area contributed by atoms with Crippen LogP contribution in [0.2, 0.25) is 0 Å². The Morgan fingerprint density at radius 2 is 1.75 bits per heavy atom. The van der Waals surface area contributed by atoms with Gasteiger partial charge in [0.25, 0.3) is 11.8 Å². The molecule has 0 fully saturated rings. The van der Waals surface area contributed by atoms with Crippen molar-refractivity contribution in [1.29, 1.82) is 0 Å². The van der Waals surface area contributed by atoms with E-state index in [4.69, 9.17) is 0 Å². The summed E-state index contributed by atoms with van der Waals surface area (Å²) in [5.41, 5.74) is 2.26. The lowest BCUT2D eigenvalue weighted by Crippen LogP contribution is -3.09. The minimum atomic E-state index is -0.185. The highest BCUT2D eigenvalue weighted by Crippen LogP contribution is 2.21. The Hall–Kier alpha value is -1.98. The van der Waals surface area contributed by atoms with Gasteiger partial charge in [0.1, 0.15) is 6.54 Å². The molecule has 1 atom stereocenters. The summed E-state index contributed by atoms with van der Waals surface area (Å²) in [6, 6.07) is 9.06. The van der Waals surface area contributed by atoms with E-state index in [9.17, 15) is 9.59 Å². The molecule has 20 heavy (non-hydrogen) atoms. The van der Waals surface area contributed by atoms with Gasteiger partial charge in [-0.2, -0.15) is 11.3 Å². The molecule has 0 spiro atoms. The number of fused-ring (bicyclic) bond motifs is 1. The van der Waals surface area contributed by atoms with E-state index in [1.807, 2.05) is 12.4 Å². The third kappa shape index (κ3) is 2.26. The number of benzene rings is 1. The third-order valence-electron chi connectivity index (χ3n) is 3.39. The van der Waals surface area contributed by atoms with Gasteiger partial charge in [-0.15, -0.1) is 0 Å². The van der Waals surface area contributed by atoms with Crippen molar-refractivity contribution in [1.82, 2.24) is 4.90 Å². The molecule has 1 N–H and O–H groups in total. The van der Waals surface area contributed by atoms with Crippen molar-refractivity contribution in [3.63, 3.8) is 0 Å². The number of amides is 2. The average Bonchev–Trinajstić information content (AvgIpc) is 3.03. The van der Waals surface area contributed by atoms with Crippen LogP contribution >= 0.6 is 11.3 Å². The minimum Gasteiger partial charge on any atom is -0.316 e. The fourth-order valence-electron chi connectivity index (χ4n) is 2.45. The Labute approximate surface area is 121 Å². The molecule has 0 saturated heterocycles. The number of imide groups is 1. The van der Waals surface area contributed by atoms with Gasteiger partial charge in [-0.05, 0) is 29.0 Å². The first-order chi connectivity index (χ1) is 9.66. The van der Waals surface area contributed by atoms with Crippen molar-refractivity contribution in [3.05, 3.63) is 57.8 Å². The van der Waals surface area contributed by atoms with Gasteiger partial charge >= 0.3 is 0 Å². The topological polar surface area (TPSA) is 41.8 Å². The second-order valence-corrected chi connectivity index (χ2v) is 5.79. The zero-order chi connectivity index (χ0) is 14.1. The molecule has 1 aromatic carbocycles. The van der Waals surface area contributed by atoms with Crippen LogP contribution in [0, 0.1) is 0 Å². The van der Waals surface area contributed by atoms with E-state index in [-0.39, 0.29) is 11.8 Å². The average molecular weight is 287 g/mol. The lowest BCUT2D eigenvalue weighted by molar-refractivity contribution is -0.901. The predicted molar refractivity (Wildman–Crippen MR) is 76.7 cm³/mol. The summed E-state index contributed by atoms with van der Waals surface area (Å²) in [6.07, 6.45) is 0. The van der Waals surface area contributed by atoms with Gasteiger partial charge in [0.15, 0.2) is 6.67 Å². The lowest BCUT2D eigenvalue weighted by Gasteiger charge is -2.19. The van der Waals surface area contributed by atoms with E-state index in [0.29, 0.717) is 17.8 Å². The van der Waals surface area contributed by atoms with E-state index in [1.54, 1.807) is 35.6 Å². The van der Waals surface area contributed by atoms with Crippen molar-refractivity contribution in [3.8, 4) is 0 Å². The molecular weight excluding hydrogens is 272 g/mol. The number of hydrogen-bond donors (Lipinski definition) is 1. The van der Waals surface area contributed by atoms with Crippen LogP contribution in [0.25, 0.3) is 0 Å². The first-order valence-corrected chi connectivity index (χ1v) is 7.38. The molecule has 2 heterocycles. The van der Waals surface area contributed by atoms with E-state index < -0.39 is 0 Å². The molecule has 0 aliphatic carbocycles. The van der Waals surface area contributed by atoms with E-state index >= 15 is 0 Å². The van der Waals surface area contributed by atoms with Crippen LogP contribution in [0.3, 0.4) is 0 Å². The monoisotopic (exact) mass is 287 g/mol. The number of quaternary nitrogens is 1. The van der Waals surface area contributed by atoms with Crippen LogP contribution in [-0.2, 0) is 6.54 Å². The molecule has 2 aromatic rings. The van der Waals surface area contributed by atoms with Crippen LogP contribution in [0.5, 0.6) is 0 Å². The summed E-state index contributed by atoms with van der Waals surface area (Å²) in [7, 11) is 1.99. The van der Waals surface area contributed by atoms with Gasteiger partial charge in [-0.1, -0.05) is 12.1 Å². The molecule has 0 radical (unpaired) electrons. The number of hydrogen-bond acceptors (Lipinski definition) is 3. The number of rotatable bonds is 4. The molecule has 1 aromatic heterocycles. The maximum Gasteiger partial charge on any atom is 0.265 e. The minimum absolute atomic E-state index is 0.185. The van der Waals surface area contributed by atoms with Crippen molar-refractivity contribution in [2.45, 2.75) is 6.54 Å². The Balaban J connectivity index is 1.73. The zero-order valence-electron chi connectivity index (χ0n) is 11.1. The molecule has 0 saturated carbocycles. The van der Waals surface area contributed by atoms with Crippen molar-refractivity contribution in [2.24, 2.45) is 0 Å². The molecule has 3 rings (SSSR count). The van der Waals surface area contributed by atoms with Crippen molar-refractivity contribution >= 4 is 23.2 Å². The predicted octanol–water partition coefficient (Wildman–Crippen LogP) is 1.02. The lowest BCUT2D eigenvalue weighted by atomic mass is 10.1. The zero-order valence-corrected chi connectivity index (χ0v) is 11.9. The Morgan fingerprint density at radius 1 is 1.10 bits per heavy atom. The van der Waals surface area contributed by atoms with Gasteiger partial charge in [-0.3, -0.25) is 9.59 Å². The van der Waals surface area contributed by atoms with Crippen LogP contribution in [0.15, 0.2) is 41.1 Å². The van der Waals surface area contributed by atoms with E-state index in [0.717, 1.165) is 11.4 Å². The summed E-state index contributed by atoms with van der Waals surface area (Å²) in [6.45, 7) is 1.19. The van der Waals surface area contributed by atoms with E-state index in [2.05, 4.69) is 11.4 Å². The second kappa shape index (κ2) is 5.19. The van der Waals surface area contributed by atoms with E-state index in [1.165, 1.54) is 10.5 Å². The highest BCUT2D eigenvalue weighted by atomic mass is 32.1. The number of carbonyl (C=O) groups excluding carboxylic acids is 2. The standard InChI is InChI=1S/C15H14N2O2S/c1-16(8-11-6-7-20-9-11)10-17-14(18)12-4-2-3-5-13(12)15(17)19/h2-7,9H,8,10H2,1H3/p+1. The highest BCUT2D eigenvalue weighted by molar-refractivity contribution is 7.07. The second-order valence-electron chi connectivity index (χ2n) is 5.01. The largest absolute Gasteiger partial charge is 0.316 e. The normalized spacial score (nSPS) is 15.6. The SMILES string of the molecule is C[NH+](Cc1ccsc1)CN1C(=O)c2ccccc2C1=O.